The number of ether oxygens (including phenoxy) is 2. The molecule has 156 valence electrons. The lowest BCUT2D eigenvalue weighted by Crippen LogP contribution is -2.27. The maximum absolute atomic E-state index is 12.4. The summed E-state index contributed by atoms with van der Waals surface area (Å²) in [6, 6.07) is 10.2. The molecule has 0 aromatic heterocycles. The average Bonchev–Trinajstić information content (AvgIpc) is 2.98. The molecular formula is C21H20N2O5S2. The Labute approximate surface area is 183 Å². The molecular weight excluding hydrogens is 424 g/mol. The Morgan fingerprint density at radius 3 is 2.63 bits per heavy atom. The number of methoxy groups -OCH3 is 1. The zero-order chi connectivity index (χ0) is 21.8. The number of rotatable bonds is 7. The van der Waals surface area contributed by atoms with Crippen LogP contribution in [0.1, 0.15) is 23.6 Å². The Bertz CT molecular complexity index is 1050. The van der Waals surface area contributed by atoms with Crippen LogP contribution in [0.15, 0.2) is 41.3 Å². The molecule has 7 nitrogen and oxygen atoms in total. The third kappa shape index (κ3) is 4.63. The van der Waals surface area contributed by atoms with Crippen LogP contribution in [-0.4, -0.2) is 33.7 Å². The zero-order valence-corrected chi connectivity index (χ0v) is 18.3. The van der Waals surface area contributed by atoms with E-state index in [0.29, 0.717) is 32.8 Å². The molecule has 0 N–H and O–H groups in total. The third-order valence-corrected chi connectivity index (χ3v) is 5.93. The maximum Gasteiger partial charge on any atom is 0.272 e. The quantitative estimate of drug-likeness (QED) is 0.265. The highest BCUT2D eigenvalue weighted by Gasteiger charge is 2.30. The summed E-state index contributed by atoms with van der Waals surface area (Å²) in [6.07, 6.45) is 1.80. The van der Waals surface area contributed by atoms with Crippen LogP contribution in [0.2, 0.25) is 0 Å². The lowest BCUT2D eigenvalue weighted by molar-refractivity contribution is -0.385. The highest BCUT2D eigenvalue weighted by atomic mass is 32.2. The molecule has 1 amide bonds. The van der Waals surface area contributed by atoms with E-state index < -0.39 is 4.92 Å². The van der Waals surface area contributed by atoms with Gasteiger partial charge in [-0.15, -0.1) is 0 Å². The zero-order valence-electron chi connectivity index (χ0n) is 16.7. The van der Waals surface area contributed by atoms with Crippen LogP contribution in [0.4, 0.5) is 5.69 Å². The number of nitro groups is 1. The van der Waals surface area contributed by atoms with Gasteiger partial charge in [0.1, 0.15) is 22.4 Å². The number of nitrogens with zero attached hydrogens (tertiary/aromatic N) is 2. The van der Waals surface area contributed by atoms with E-state index in [0.717, 1.165) is 11.1 Å². The Hall–Kier alpha value is -2.91. The van der Waals surface area contributed by atoms with Crippen molar-refractivity contribution in [2.24, 2.45) is 0 Å². The van der Waals surface area contributed by atoms with Crippen molar-refractivity contribution in [2.75, 3.05) is 13.7 Å². The SMILES string of the molecule is CCN1C(=O)/C(=C/c2ccc(OC)c(COc3ccc([N+](=O)[O-])c(C)c3)c2)SC1=S. The standard InChI is InChI=1S/C21H20N2O5S2/c1-4-22-20(24)19(30-21(22)29)11-14-5-8-18(27-3)15(10-14)12-28-16-6-7-17(23(25)26)13(2)9-16/h5-11H,4,12H2,1-3H3/b19-11-. The number of amides is 1. The van der Waals surface area contributed by atoms with Gasteiger partial charge in [0.05, 0.1) is 16.9 Å². The molecule has 1 saturated heterocycles. The highest BCUT2D eigenvalue weighted by Crippen LogP contribution is 2.33. The van der Waals surface area contributed by atoms with Crippen molar-refractivity contribution < 1.29 is 19.2 Å². The van der Waals surface area contributed by atoms with Gasteiger partial charge in [0.25, 0.3) is 11.6 Å². The van der Waals surface area contributed by atoms with Crippen LogP contribution >= 0.6 is 24.0 Å². The van der Waals surface area contributed by atoms with E-state index in [2.05, 4.69) is 0 Å². The minimum absolute atomic E-state index is 0.0475. The molecule has 1 fully saturated rings. The minimum Gasteiger partial charge on any atom is -0.496 e. The number of thiocarbonyl (C=S) groups is 1. The van der Waals surface area contributed by atoms with Crippen molar-refractivity contribution >= 4 is 46.0 Å². The van der Waals surface area contributed by atoms with Crippen molar-refractivity contribution in [3.63, 3.8) is 0 Å². The van der Waals surface area contributed by atoms with E-state index in [1.165, 1.54) is 17.8 Å². The van der Waals surface area contributed by atoms with E-state index >= 15 is 0 Å². The summed E-state index contributed by atoms with van der Waals surface area (Å²) in [5, 5.41) is 11.0. The largest absolute Gasteiger partial charge is 0.496 e. The van der Waals surface area contributed by atoms with Crippen LogP contribution in [0.25, 0.3) is 6.08 Å². The molecule has 2 aromatic carbocycles. The summed E-state index contributed by atoms with van der Waals surface area (Å²) < 4.78 is 11.8. The lowest BCUT2D eigenvalue weighted by Gasteiger charge is -2.12. The van der Waals surface area contributed by atoms with Gasteiger partial charge >= 0.3 is 0 Å². The minimum atomic E-state index is -0.424. The Kier molecular flexibility index (Phi) is 6.73. The van der Waals surface area contributed by atoms with Gasteiger partial charge in [0.2, 0.25) is 0 Å². The molecule has 0 radical (unpaired) electrons. The monoisotopic (exact) mass is 444 g/mol. The number of hydrogen-bond acceptors (Lipinski definition) is 7. The first-order valence-corrected chi connectivity index (χ1v) is 10.4. The van der Waals surface area contributed by atoms with E-state index in [9.17, 15) is 14.9 Å². The molecule has 3 rings (SSSR count). The number of carbonyl (C=O) groups is 1. The van der Waals surface area contributed by atoms with Gasteiger partial charge in [-0.2, -0.15) is 0 Å². The average molecular weight is 445 g/mol. The first kappa shape index (κ1) is 21.8. The molecule has 0 atom stereocenters. The van der Waals surface area contributed by atoms with Gasteiger partial charge < -0.3 is 9.47 Å². The number of thioether (sulfide) groups is 1. The lowest BCUT2D eigenvalue weighted by atomic mass is 10.1. The van der Waals surface area contributed by atoms with Crippen molar-refractivity contribution in [3.8, 4) is 11.5 Å². The van der Waals surface area contributed by atoms with Gasteiger partial charge in [0.15, 0.2) is 0 Å². The molecule has 2 aromatic rings. The van der Waals surface area contributed by atoms with Gasteiger partial charge in [0, 0.05) is 23.7 Å². The summed E-state index contributed by atoms with van der Waals surface area (Å²) in [5.41, 5.74) is 2.18. The van der Waals surface area contributed by atoms with Gasteiger partial charge in [-0.05, 0) is 49.8 Å². The molecule has 0 bridgehead atoms. The Morgan fingerprint density at radius 2 is 2.03 bits per heavy atom. The predicted molar refractivity (Wildman–Crippen MR) is 121 cm³/mol. The first-order valence-electron chi connectivity index (χ1n) is 9.14. The predicted octanol–water partition coefficient (Wildman–Crippen LogP) is 4.71. The fourth-order valence-corrected chi connectivity index (χ4v) is 4.39. The van der Waals surface area contributed by atoms with Crippen molar-refractivity contribution in [3.05, 3.63) is 68.1 Å². The second-order valence-corrected chi connectivity index (χ2v) is 8.17. The van der Waals surface area contributed by atoms with Gasteiger partial charge in [-0.3, -0.25) is 19.8 Å². The maximum atomic E-state index is 12.4. The van der Waals surface area contributed by atoms with E-state index in [4.69, 9.17) is 21.7 Å². The number of aryl methyl sites for hydroxylation is 1. The molecule has 1 aliphatic heterocycles. The van der Waals surface area contributed by atoms with Crippen LogP contribution in [-0.2, 0) is 11.4 Å². The molecule has 1 aliphatic rings. The van der Waals surface area contributed by atoms with Crippen molar-refractivity contribution in [1.82, 2.24) is 4.90 Å². The van der Waals surface area contributed by atoms with Crippen molar-refractivity contribution in [2.45, 2.75) is 20.5 Å². The van der Waals surface area contributed by atoms with E-state index in [-0.39, 0.29) is 18.2 Å². The summed E-state index contributed by atoms with van der Waals surface area (Å²) >= 11 is 6.54. The van der Waals surface area contributed by atoms with Gasteiger partial charge in [-0.25, -0.2) is 0 Å². The number of nitro benzene ring substituents is 1. The van der Waals surface area contributed by atoms with E-state index in [1.807, 2.05) is 25.1 Å². The molecule has 30 heavy (non-hydrogen) atoms. The number of hydrogen-bond donors (Lipinski definition) is 0. The third-order valence-electron chi connectivity index (χ3n) is 4.55. The molecule has 0 unspecified atom stereocenters. The van der Waals surface area contributed by atoms with Crippen LogP contribution in [0.3, 0.4) is 0 Å². The Balaban J connectivity index is 1.81. The van der Waals surface area contributed by atoms with E-state index in [1.54, 1.807) is 37.1 Å². The smallest absolute Gasteiger partial charge is 0.272 e. The number of carbonyl (C=O) groups excluding carboxylic acids is 1. The summed E-state index contributed by atoms with van der Waals surface area (Å²) in [7, 11) is 1.57. The fraction of sp³-hybridized carbons (Fsp3) is 0.238. The number of likely N-dealkylation sites (N-methyl/N-ethyl adjacent to an activating group) is 1. The summed E-state index contributed by atoms with van der Waals surface area (Å²) in [4.78, 5) is 25.1. The fourth-order valence-electron chi connectivity index (χ4n) is 3.01. The summed E-state index contributed by atoms with van der Waals surface area (Å²) in [6.45, 7) is 4.30. The molecule has 1 heterocycles. The van der Waals surface area contributed by atoms with Gasteiger partial charge in [-0.1, -0.05) is 30.0 Å². The molecule has 9 heteroatoms. The second kappa shape index (κ2) is 9.27. The van der Waals surface area contributed by atoms with Crippen molar-refractivity contribution in [1.29, 1.82) is 0 Å². The highest BCUT2D eigenvalue weighted by molar-refractivity contribution is 8.26. The van der Waals surface area contributed by atoms with Crippen LogP contribution < -0.4 is 9.47 Å². The molecule has 0 aliphatic carbocycles. The Morgan fingerprint density at radius 1 is 1.27 bits per heavy atom. The first-order chi connectivity index (χ1) is 14.3. The topological polar surface area (TPSA) is 81.9 Å². The van der Waals surface area contributed by atoms with Crippen LogP contribution in [0, 0.1) is 17.0 Å². The normalized spacial score (nSPS) is 15.0. The number of benzene rings is 2. The molecule has 0 saturated carbocycles. The summed E-state index contributed by atoms with van der Waals surface area (Å²) in [5.74, 6) is 1.07. The van der Waals surface area contributed by atoms with Crippen LogP contribution in [0.5, 0.6) is 11.5 Å². The second-order valence-electron chi connectivity index (χ2n) is 6.49. The molecule has 0 spiro atoms.